The van der Waals surface area contributed by atoms with Crippen LogP contribution in [0.4, 0.5) is 10.2 Å². The molecule has 0 amide bonds. The summed E-state index contributed by atoms with van der Waals surface area (Å²) in [6.07, 6.45) is -2.18. The van der Waals surface area contributed by atoms with Gasteiger partial charge >= 0.3 is 5.69 Å². The maximum Gasteiger partial charge on any atom is 0.351 e. The van der Waals surface area contributed by atoms with Crippen molar-refractivity contribution in [3.8, 4) is 0 Å². The molecule has 24 heavy (non-hydrogen) atoms. The molecular formula is C13H17FN6O4. The Morgan fingerprint density at radius 1 is 1.54 bits per heavy atom. The second-order valence-electron chi connectivity index (χ2n) is 5.76. The number of nitrogens with zero attached hydrogens (tertiary/aromatic N) is 6. The number of azide groups is 1. The number of halogens is 1. The number of hydrogen-bond acceptors (Lipinski definition) is 7. The number of hydrogen-bond donors (Lipinski definition) is 2. The van der Waals surface area contributed by atoms with Gasteiger partial charge in [0.15, 0.2) is 12.4 Å². The first-order valence-electron chi connectivity index (χ1n) is 7.53. The number of anilines is 1. The number of alkyl halides is 1. The van der Waals surface area contributed by atoms with Gasteiger partial charge in [0.2, 0.25) is 5.72 Å². The fraction of sp³-hybridized carbons (Fsp3) is 0.692. The summed E-state index contributed by atoms with van der Waals surface area (Å²) in [4.78, 5) is 20.6. The van der Waals surface area contributed by atoms with Crippen molar-refractivity contribution in [2.24, 2.45) is 5.11 Å². The summed E-state index contributed by atoms with van der Waals surface area (Å²) in [5.74, 6) is 0.492. The van der Waals surface area contributed by atoms with Crippen molar-refractivity contribution in [3.63, 3.8) is 0 Å². The number of aromatic nitrogens is 2. The number of ether oxygens (including phenoxy) is 1. The van der Waals surface area contributed by atoms with Crippen LogP contribution in [0.15, 0.2) is 22.2 Å². The monoisotopic (exact) mass is 340 g/mol. The highest BCUT2D eigenvalue weighted by Gasteiger charge is 2.56. The molecule has 0 aliphatic carbocycles. The molecule has 0 spiro atoms. The molecule has 1 unspecified atom stereocenters. The maximum absolute atomic E-state index is 14.4. The summed E-state index contributed by atoms with van der Waals surface area (Å²) in [6.45, 7) is 0.667. The molecule has 4 atom stereocenters. The van der Waals surface area contributed by atoms with Crippen molar-refractivity contribution in [1.82, 2.24) is 9.55 Å². The van der Waals surface area contributed by atoms with Gasteiger partial charge in [0.05, 0.1) is 6.61 Å². The first-order valence-corrected chi connectivity index (χ1v) is 7.53. The molecule has 130 valence electrons. The molecule has 1 aromatic heterocycles. The van der Waals surface area contributed by atoms with Crippen LogP contribution in [0.5, 0.6) is 0 Å². The van der Waals surface area contributed by atoms with Crippen molar-refractivity contribution in [2.45, 2.75) is 37.1 Å². The lowest BCUT2D eigenvalue weighted by Gasteiger charge is -2.23. The molecule has 0 bridgehead atoms. The van der Waals surface area contributed by atoms with E-state index in [-0.39, 0.29) is 0 Å². The summed E-state index contributed by atoms with van der Waals surface area (Å²) < 4.78 is 20.5. The van der Waals surface area contributed by atoms with Gasteiger partial charge in [-0.3, -0.25) is 4.57 Å². The van der Waals surface area contributed by atoms with Gasteiger partial charge in [0.25, 0.3) is 0 Å². The van der Waals surface area contributed by atoms with Crippen LogP contribution >= 0.6 is 0 Å². The fourth-order valence-corrected chi connectivity index (χ4v) is 3.00. The summed E-state index contributed by atoms with van der Waals surface area (Å²) in [5.41, 5.74) is 5.61. The van der Waals surface area contributed by atoms with Crippen molar-refractivity contribution in [2.75, 3.05) is 24.6 Å². The van der Waals surface area contributed by atoms with Crippen LogP contribution in [0.1, 0.15) is 19.1 Å². The molecule has 10 nitrogen and oxygen atoms in total. The van der Waals surface area contributed by atoms with Gasteiger partial charge < -0.3 is 19.8 Å². The van der Waals surface area contributed by atoms with Crippen LogP contribution in [-0.4, -0.2) is 57.5 Å². The predicted octanol–water partition coefficient (Wildman–Crippen LogP) is 0.0702. The van der Waals surface area contributed by atoms with E-state index in [2.05, 4.69) is 15.0 Å². The zero-order valence-electron chi connectivity index (χ0n) is 12.7. The lowest BCUT2D eigenvalue weighted by Crippen LogP contribution is -2.43. The Morgan fingerprint density at radius 3 is 2.83 bits per heavy atom. The molecule has 2 aliphatic heterocycles. The van der Waals surface area contributed by atoms with Gasteiger partial charge in [-0.1, -0.05) is 5.11 Å². The van der Waals surface area contributed by atoms with E-state index in [1.165, 1.54) is 6.20 Å². The van der Waals surface area contributed by atoms with Crippen molar-refractivity contribution in [1.29, 1.82) is 0 Å². The molecular weight excluding hydrogens is 323 g/mol. The Labute approximate surface area is 135 Å². The van der Waals surface area contributed by atoms with Gasteiger partial charge in [-0.15, -0.1) is 0 Å². The van der Waals surface area contributed by atoms with E-state index in [0.29, 0.717) is 5.82 Å². The molecule has 0 radical (unpaired) electrons. The highest BCUT2D eigenvalue weighted by atomic mass is 19.1. The van der Waals surface area contributed by atoms with E-state index in [0.717, 1.165) is 30.5 Å². The minimum atomic E-state index is -2.17. The second kappa shape index (κ2) is 6.36. The topological polar surface area (TPSA) is 137 Å². The molecule has 2 fully saturated rings. The Kier molecular flexibility index (Phi) is 4.41. The quantitative estimate of drug-likeness (QED) is 0.452. The average molecular weight is 340 g/mol. The van der Waals surface area contributed by atoms with Gasteiger partial charge in [-0.2, -0.15) is 4.98 Å². The zero-order valence-corrected chi connectivity index (χ0v) is 12.7. The molecule has 3 heterocycles. The average Bonchev–Trinajstić information content (AvgIpc) is 3.19. The van der Waals surface area contributed by atoms with Crippen LogP contribution in [0.2, 0.25) is 0 Å². The largest absolute Gasteiger partial charge is 0.393 e. The molecule has 3 rings (SSSR count). The van der Waals surface area contributed by atoms with Crippen LogP contribution in [0, 0.1) is 0 Å². The van der Waals surface area contributed by atoms with Crippen LogP contribution < -0.4 is 10.6 Å². The number of aliphatic hydroxyl groups is 2. The van der Waals surface area contributed by atoms with Gasteiger partial charge in [-0.05, 0) is 24.4 Å². The summed E-state index contributed by atoms with van der Waals surface area (Å²) in [7, 11) is 0. The van der Waals surface area contributed by atoms with Crippen molar-refractivity contribution < 1.29 is 19.3 Å². The Morgan fingerprint density at radius 2 is 2.25 bits per heavy atom. The minimum absolute atomic E-state index is 0.492. The van der Waals surface area contributed by atoms with E-state index in [1.807, 2.05) is 4.90 Å². The standard InChI is InChI=1S/C13H17FN6O4/c14-9-10(22)13(7-21,17-18-15)24-11(9)20-6-3-8(16-12(20)23)19-4-1-2-5-19/h3,6,9-11,21-22H,1-2,4-5,7H2/t9-,10-,11+,13?/m0/s1. The first kappa shape index (κ1) is 16.7. The van der Waals surface area contributed by atoms with E-state index in [9.17, 15) is 19.4 Å². The molecule has 2 saturated heterocycles. The Bertz CT molecular complexity index is 717. The van der Waals surface area contributed by atoms with Crippen LogP contribution in [-0.2, 0) is 4.74 Å². The summed E-state index contributed by atoms with van der Waals surface area (Å²) in [6, 6.07) is 1.56. The fourth-order valence-electron chi connectivity index (χ4n) is 3.00. The van der Waals surface area contributed by atoms with Crippen LogP contribution in [0.25, 0.3) is 10.4 Å². The van der Waals surface area contributed by atoms with E-state index in [4.69, 9.17) is 10.3 Å². The minimum Gasteiger partial charge on any atom is -0.393 e. The zero-order chi connectivity index (χ0) is 17.3. The van der Waals surface area contributed by atoms with Gasteiger partial charge in [-0.25, -0.2) is 9.18 Å². The first-order chi connectivity index (χ1) is 11.5. The van der Waals surface area contributed by atoms with Crippen molar-refractivity contribution >= 4 is 5.82 Å². The Hall–Kier alpha value is -2.20. The van der Waals surface area contributed by atoms with Gasteiger partial charge in [0.1, 0.15) is 11.9 Å². The maximum atomic E-state index is 14.4. The third kappa shape index (κ3) is 2.61. The van der Waals surface area contributed by atoms with Crippen molar-refractivity contribution in [3.05, 3.63) is 33.2 Å². The lowest BCUT2D eigenvalue weighted by molar-refractivity contribution is -0.124. The number of aliphatic hydroxyl groups excluding tert-OH is 2. The lowest BCUT2D eigenvalue weighted by atomic mass is 10.1. The predicted molar refractivity (Wildman–Crippen MR) is 79.9 cm³/mol. The number of rotatable bonds is 4. The molecule has 1 aromatic rings. The third-order valence-corrected chi connectivity index (χ3v) is 4.32. The molecule has 0 saturated carbocycles. The second-order valence-corrected chi connectivity index (χ2v) is 5.76. The van der Waals surface area contributed by atoms with Gasteiger partial charge in [0, 0.05) is 24.2 Å². The smallest absolute Gasteiger partial charge is 0.351 e. The molecule has 11 heteroatoms. The normalized spacial score (nSPS) is 32.8. The Balaban J connectivity index is 1.91. The van der Waals surface area contributed by atoms with Crippen LogP contribution in [0.3, 0.4) is 0 Å². The SMILES string of the molecule is [N-]=[N+]=NC1(CO)O[C@@H](n2ccc(N3CCCC3)nc2=O)[C@@H](F)[C@@H]1O. The molecule has 2 aliphatic rings. The summed E-state index contributed by atoms with van der Waals surface area (Å²) >= 11 is 0. The highest BCUT2D eigenvalue weighted by molar-refractivity contribution is 5.37. The highest BCUT2D eigenvalue weighted by Crippen LogP contribution is 2.39. The van der Waals surface area contributed by atoms with E-state index in [1.54, 1.807) is 6.07 Å². The third-order valence-electron chi connectivity index (χ3n) is 4.32. The van der Waals surface area contributed by atoms with E-state index < -0.39 is 36.5 Å². The summed E-state index contributed by atoms with van der Waals surface area (Å²) in [5, 5.41) is 22.4. The molecule has 2 N–H and O–H groups in total. The molecule has 0 aromatic carbocycles. The van der Waals surface area contributed by atoms with E-state index >= 15 is 0 Å².